The summed E-state index contributed by atoms with van der Waals surface area (Å²) in [7, 11) is 0. The van der Waals surface area contributed by atoms with Crippen LogP contribution in [0.15, 0.2) is 46.8 Å². The van der Waals surface area contributed by atoms with E-state index in [9.17, 15) is 9.59 Å². The number of nitrogens with zero attached hydrogens (tertiary/aromatic N) is 2. The van der Waals surface area contributed by atoms with E-state index in [1.54, 1.807) is 53.4 Å². The fourth-order valence-corrected chi connectivity index (χ4v) is 4.73. The first-order valence-electron chi connectivity index (χ1n) is 7.70. The van der Waals surface area contributed by atoms with E-state index in [0.717, 1.165) is 26.7 Å². The van der Waals surface area contributed by atoms with E-state index in [-0.39, 0.29) is 11.8 Å². The van der Waals surface area contributed by atoms with Crippen LogP contribution in [0.4, 0.5) is 5.69 Å². The minimum absolute atomic E-state index is 0.264. The Hall–Kier alpha value is -2.18. The summed E-state index contributed by atoms with van der Waals surface area (Å²) >= 11 is 3.33. The SMILES string of the molecule is CCCSc1nc2ccc(N3C(=O)c4ccccc4C3=O)cc2s1. The van der Waals surface area contributed by atoms with E-state index in [1.807, 2.05) is 12.1 Å². The number of carbonyl (C=O) groups excluding carboxylic acids is 2. The Bertz CT molecular complexity index is 930. The zero-order valence-electron chi connectivity index (χ0n) is 13.0. The number of rotatable bonds is 4. The van der Waals surface area contributed by atoms with Crippen molar-refractivity contribution >= 4 is 50.8 Å². The van der Waals surface area contributed by atoms with Crippen LogP contribution in [0.5, 0.6) is 0 Å². The summed E-state index contributed by atoms with van der Waals surface area (Å²) in [5, 5.41) is 0. The van der Waals surface area contributed by atoms with Gasteiger partial charge in [0.15, 0.2) is 4.34 Å². The van der Waals surface area contributed by atoms with Crippen molar-refractivity contribution in [2.24, 2.45) is 0 Å². The molecular formula is C18H14N2O2S2. The maximum atomic E-state index is 12.6. The molecule has 0 bridgehead atoms. The van der Waals surface area contributed by atoms with E-state index in [2.05, 4.69) is 11.9 Å². The minimum atomic E-state index is -0.264. The molecule has 0 atom stereocenters. The lowest BCUT2D eigenvalue weighted by Gasteiger charge is -2.13. The summed E-state index contributed by atoms with van der Waals surface area (Å²) in [5.41, 5.74) is 2.43. The van der Waals surface area contributed by atoms with Crippen LogP contribution in [0.1, 0.15) is 34.1 Å². The Morgan fingerprint density at radius 2 is 1.79 bits per heavy atom. The van der Waals surface area contributed by atoms with E-state index in [1.165, 1.54) is 4.90 Å². The second-order valence-electron chi connectivity index (χ2n) is 5.47. The van der Waals surface area contributed by atoms with Gasteiger partial charge in [0.2, 0.25) is 0 Å². The summed E-state index contributed by atoms with van der Waals surface area (Å²) in [6.07, 6.45) is 1.10. The second-order valence-corrected chi connectivity index (χ2v) is 7.84. The largest absolute Gasteiger partial charge is 0.268 e. The monoisotopic (exact) mass is 354 g/mol. The van der Waals surface area contributed by atoms with Crippen LogP contribution in [0.2, 0.25) is 0 Å². The van der Waals surface area contributed by atoms with Crippen LogP contribution in [0, 0.1) is 0 Å². The summed E-state index contributed by atoms with van der Waals surface area (Å²) in [5.74, 6) is 0.505. The highest BCUT2D eigenvalue weighted by Gasteiger charge is 2.36. The Kier molecular flexibility index (Phi) is 3.86. The highest BCUT2D eigenvalue weighted by atomic mass is 32.2. The maximum absolute atomic E-state index is 12.6. The first-order chi connectivity index (χ1) is 11.7. The molecule has 1 aromatic heterocycles. The van der Waals surface area contributed by atoms with Gasteiger partial charge in [-0.3, -0.25) is 9.59 Å². The van der Waals surface area contributed by atoms with Gasteiger partial charge in [-0.25, -0.2) is 9.88 Å². The number of aromatic nitrogens is 1. The fraction of sp³-hybridized carbons (Fsp3) is 0.167. The lowest BCUT2D eigenvalue weighted by Crippen LogP contribution is -2.29. The molecule has 1 aliphatic heterocycles. The number of fused-ring (bicyclic) bond motifs is 2. The Morgan fingerprint density at radius 1 is 1.08 bits per heavy atom. The molecule has 2 amide bonds. The molecule has 2 aromatic carbocycles. The summed E-state index contributed by atoms with van der Waals surface area (Å²) < 4.78 is 2.01. The van der Waals surface area contributed by atoms with Crippen molar-refractivity contribution < 1.29 is 9.59 Å². The minimum Gasteiger partial charge on any atom is -0.268 e. The van der Waals surface area contributed by atoms with Gasteiger partial charge in [0.05, 0.1) is 27.0 Å². The Labute approximate surface area is 147 Å². The number of benzene rings is 2. The molecule has 0 saturated heterocycles. The van der Waals surface area contributed by atoms with Gasteiger partial charge in [0.25, 0.3) is 11.8 Å². The quantitative estimate of drug-likeness (QED) is 0.507. The highest BCUT2D eigenvalue weighted by Crippen LogP contribution is 2.34. The Morgan fingerprint density at radius 3 is 2.46 bits per heavy atom. The van der Waals surface area contributed by atoms with Crippen molar-refractivity contribution in [3.8, 4) is 0 Å². The number of hydrogen-bond donors (Lipinski definition) is 0. The van der Waals surface area contributed by atoms with Gasteiger partial charge in [-0.1, -0.05) is 30.8 Å². The third-order valence-corrected chi connectivity index (χ3v) is 6.20. The molecule has 0 unspecified atom stereocenters. The van der Waals surface area contributed by atoms with Gasteiger partial charge in [-0.2, -0.15) is 0 Å². The smallest absolute Gasteiger partial charge is 0.266 e. The standard InChI is InChI=1S/C18H14N2O2S2/c1-2-9-23-18-19-14-8-7-11(10-15(14)24-18)20-16(21)12-5-3-4-6-13(12)17(20)22/h3-8,10H,2,9H2,1H3. The molecule has 0 aliphatic carbocycles. The molecule has 1 aliphatic rings. The van der Waals surface area contributed by atoms with Gasteiger partial charge >= 0.3 is 0 Å². The third-order valence-electron chi connectivity index (χ3n) is 3.83. The average Bonchev–Trinajstić information content (AvgIpc) is 3.12. The Balaban J connectivity index is 1.72. The normalized spacial score (nSPS) is 13.8. The van der Waals surface area contributed by atoms with Crippen LogP contribution in [-0.4, -0.2) is 22.6 Å². The molecule has 0 saturated carbocycles. The molecule has 24 heavy (non-hydrogen) atoms. The molecule has 120 valence electrons. The van der Waals surface area contributed by atoms with Crippen molar-refractivity contribution in [2.75, 3.05) is 10.7 Å². The molecule has 0 N–H and O–H groups in total. The number of imide groups is 1. The molecule has 4 nitrogen and oxygen atoms in total. The van der Waals surface area contributed by atoms with Crippen molar-refractivity contribution in [1.82, 2.24) is 4.98 Å². The zero-order valence-corrected chi connectivity index (χ0v) is 14.6. The van der Waals surface area contributed by atoms with Crippen LogP contribution in [-0.2, 0) is 0 Å². The summed E-state index contributed by atoms with van der Waals surface area (Å²) in [6, 6.07) is 12.5. The summed E-state index contributed by atoms with van der Waals surface area (Å²) in [6.45, 7) is 2.14. The summed E-state index contributed by atoms with van der Waals surface area (Å²) in [4.78, 5) is 31.0. The number of thiazole rings is 1. The second kappa shape index (κ2) is 6.03. The maximum Gasteiger partial charge on any atom is 0.266 e. The van der Waals surface area contributed by atoms with Crippen molar-refractivity contribution in [2.45, 2.75) is 17.7 Å². The van der Waals surface area contributed by atoms with Gasteiger partial charge in [0.1, 0.15) is 0 Å². The predicted octanol–water partition coefficient (Wildman–Crippen LogP) is 4.60. The lowest BCUT2D eigenvalue weighted by molar-refractivity contribution is 0.0926. The predicted molar refractivity (Wildman–Crippen MR) is 98.2 cm³/mol. The average molecular weight is 354 g/mol. The van der Waals surface area contributed by atoms with Crippen LogP contribution in [0.3, 0.4) is 0 Å². The van der Waals surface area contributed by atoms with E-state index in [4.69, 9.17) is 0 Å². The first kappa shape index (κ1) is 15.4. The molecule has 0 radical (unpaired) electrons. The molecule has 0 spiro atoms. The van der Waals surface area contributed by atoms with Gasteiger partial charge in [0, 0.05) is 5.75 Å². The fourth-order valence-electron chi connectivity index (χ4n) is 2.71. The number of amides is 2. The van der Waals surface area contributed by atoms with E-state index >= 15 is 0 Å². The zero-order chi connectivity index (χ0) is 16.7. The highest BCUT2D eigenvalue weighted by molar-refractivity contribution is 8.01. The van der Waals surface area contributed by atoms with Crippen LogP contribution in [0.25, 0.3) is 10.2 Å². The molecule has 0 fully saturated rings. The van der Waals surface area contributed by atoms with Crippen LogP contribution >= 0.6 is 23.1 Å². The van der Waals surface area contributed by atoms with Crippen molar-refractivity contribution in [3.05, 3.63) is 53.6 Å². The molecule has 3 aromatic rings. The van der Waals surface area contributed by atoms with Gasteiger partial charge in [-0.15, -0.1) is 11.3 Å². The van der Waals surface area contributed by atoms with Crippen molar-refractivity contribution in [3.63, 3.8) is 0 Å². The number of hydrogen-bond acceptors (Lipinski definition) is 5. The number of carbonyl (C=O) groups is 2. The number of anilines is 1. The van der Waals surface area contributed by atoms with E-state index in [0.29, 0.717) is 16.8 Å². The molecule has 4 rings (SSSR count). The van der Waals surface area contributed by atoms with Gasteiger partial charge in [-0.05, 0) is 36.8 Å². The molecule has 2 heterocycles. The molecular weight excluding hydrogens is 340 g/mol. The lowest BCUT2D eigenvalue weighted by atomic mass is 10.1. The topological polar surface area (TPSA) is 50.3 Å². The van der Waals surface area contributed by atoms with Crippen LogP contribution < -0.4 is 4.90 Å². The van der Waals surface area contributed by atoms with Crippen molar-refractivity contribution in [1.29, 1.82) is 0 Å². The number of thioether (sulfide) groups is 1. The first-order valence-corrected chi connectivity index (χ1v) is 9.50. The molecule has 6 heteroatoms. The van der Waals surface area contributed by atoms with E-state index < -0.39 is 0 Å². The van der Waals surface area contributed by atoms with Gasteiger partial charge < -0.3 is 0 Å². The third kappa shape index (κ3) is 2.42.